The molecule has 0 spiro atoms. The Balaban J connectivity index is 2.63. The lowest BCUT2D eigenvalue weighted by atomic mass is 10.2. The summed E-state index contributed by atoms with van der Waals surface area (Å²) in [7, 11) is -1.93. The van der Waals surface area contributed by atoms with Gasteiger partial charge >= 0.3 is 0 Å². The molecule has 0 fully saturated rings. The lowest BCUT2D eigenvalue weighted by Gasteiger charge is -2.10. The molecule has 0 amide bonds. The number of nitrogens with one attached hydrogen (secondary N) is 1. The summed E-state index contributed by atoms with van der Waals surface area (Å²) in [6.45, 7) is 1.08. The minimum Gasteiger partial charge on any atom is -0.389 e. The highest BCUT2D eigenvalue weighted by molar-refractivity contribution is 7.89. The minimum atomic E-state index is -3.58. The predicted octanol–water partition coefficient (Wildman–Crippen LogP) is 1.42. The molecule has 112 valence electrons. The summed E-state index contributed by atoms with van der Waals surface area (Å²) in [5.41, 5.74) is 5.92. The SMILES string of the molecule is COCCCCCNS(=O)(=O)c1ccccc1C(N)=S. The molecule has 0 aliphatic rings. The second-order valence-electron chi connectivity index (χ2n) is 4.31. The van der Waals surface area contributed by atoms with Crippen LogP contribution in [0.25, 0.3) is 0 Å². The summed E-state index contributed by atoms with van der Waals surface area (Å²) in [5.74, 6) is 0. The van der Waals surface area contributed by atoms with E-state index in [0.717, 1.165) is 19.3 Å². The molecule has 0 atom stereocenters. The van der Waals surface area contributed by atoms with Crippen molar-refractivity contribution in [1.82, 2.24) is 4.72 Å². The molecule has 0 bridgehead atoms. The van der Waals surface area contributed by atoms with Crippen molar-refractivity contribution in [2.75, 3.05) is 20.3 Å². The topological polar surface area (TPSA) is 81.4 Å². The Labute approximate surface area is 125 Å². The van der Waals surface area contributed by atoms with E-state index in [1.165, 1.54) is 6.07 Å². The molecular weight excluding hydrogens is 296 g/mol. The summed E-state index contributed by atoms with van der Waals surface area (Å²) in [6.07, 6.45) is 2.59. The zero-order valence-corrected chi connectivity index (χ0v) is 13.1. The quantitative estimate of drug-likeness (QED) is 0.532. The van der Waals surface area contributed by atoms with E-state index in [2.05, 4.69) is 4.72 Å². The summed E-state index contributed by atoms with van der Waals surface area (Å²) in [5, 5.41) is 0. The first-order chi connectivity index (χ1) is 9.49. The molecule has 0 saturated heterocycles. The molecule has 5 nitrogen and oxygen atoms in total. The standard InChI is InChI=1S/C13H20N2O3S2/c1-18-10-6-2-5-9-15-20(16,17)12-8-4-3-7-11(12)13(14)19/h3-4,7-8,15H,2,5-6,9-10H2,1H3,(H2,14,19). The average Bonchev–Trinajstić information content (AvgIpc) is 2.42. The fraction of sp³-hybridized carbons (Fsp3) is 0.462. The van der Waals surface area contributed by atoms with E-state index in [1.807, 2.05) is 0 Å². The molecule has 1 aromatic carbocycles. The first-order valence-corrected chi connectivity index (χ1v) is 8.25. The van der Waals surface area contributed by atoms with Crippen LogP contribution in [0.2, 0.25) is 0 Å². The van der Waals surface area contributed by atoms with Gasteiger partial charge in [0, 0.05) is 25.8 Å². The van der Waals surface area contributed by atoms with Gasteiger partial charge in [0.2, 0.25) is 10.0 Å². The number of thiocarbonyl (C=S) groups is 1. The molecule has 0 heterocycles. The van der Waals surface area contributed by atoms with E-state index >= 15 is 0 Å². The van der Waals surface area contributed by atoms with E-state index < -0.39 is 10.0 Å². The highest BCUT2D eigenvalue weighted by Gasteiger charge is 2.18. The average molecular weight is 316 g/mol. The van der Waals surface area contributed by atoms with E-state index in [-0.39, 0.29) is 9.88 Å². The molecule has 3 N–H and O–H groups in total. The van der Waals surface area contributed by atoms with Gasteiger partial charge in [-0.2, -0.15) is 0 Å². The summed E-state index contributed by atoms with van der Waals surface area (Å²) in [6, 6.07) is 6.46. The van der Waals surface area contributed by atoms with Gasteiger partial charge in [-0.15, -0.1) is 0 Å². The Morgan fingerprint density at radius 3 is 2.65 bits per heavy atom. The highest BCUT2D eigenvalue weighted by Crippen LogP contribution is 2.15. The third-order valence-corrected chi connectivity index (χ3v) is 4.50. The van der Waals surface area contributed by atoms with Crippen LogP contribution in [0.5, 0.6) is 0 Å². The summed E-state index contributed by atoms with van der Waals surface area (Å²) >= 11 is 4.87. The number of benzene rings is 1. The van der Waals surface area contributed by atoms with E-state index in [0.29, 0.717) is 18.7 Å². The van der Waals surface area contributed by atoms with Crippen molar-refractivity contribution in [1.29, 1.82) is 0 Å². The normalized spacial score (nSPS) is 11.4. The van der Waals surface area contributed by atoms with Gasteiger partial charge in [-0.05, 0) is 25.3 Å². The van der Waals surface area contributed by atoms with Crippen molar-refractivity contribution in [2.45, 2.75) is 24.2 Å². The van der Waals surface area contributed by atoms with Crippen LogP contribution in [0.3, 0.4) is 0 Å². The number of rotatable bonds is 9. The number of hydrogen-bond acceptors (Lipinski definition) is 4. The fourth-order valence-corrected chi connectivity index (χ4v) is 3.27. The Kier molecular flexibility index (Phi) is 7.08. The molecular formula is C13H20N2O3S2. The van der Waals surface area contributed by atoms with Crippen LogP contribution >= 0.6 is 12.2 Å². The van der Waals surface area contributed by atoms with Gasteiger partial charge in [0.25, 0.3) is 0 Å². The third kappa shape index (κ3) is 5.16. The zero-order chi connectivity index (χ0) is 15.0. The molecule has 0 aliphatic heterocycles. The number of methoxy groups -OCH3 is 1. The van der Waals surface area contributed by atoms with Gasteiger partial charge in [0.1, 0.15) is 4.99 Å². The number of unbranched alkanes of at least 4 members (excludes halogenated alkanes) is 2. The lowest BCUT2D eigenvalue weighted by Crippen LogP contribution is -2.27. The van der Waals surface area contributed by atoms with Crippen molar-refractivity contribution in [3.8, 4) is 0 Å². The van der Waals surface area contributed by atoms with Crippen LogP contribution < -0.4 is 10.5 Å². The van der Waals surface area contributed by atoms with Crippen LogP contribution in [0.1, 0.15) is 24.8 Å². The van der Waals surface area contributed by atoms with Crippen molar-refractivity contribution < 1.29 is 13.2 Å². The second kappa shape index (κ2) is 8.31. The molecule has 1 aromatic rings. The number of nitrogens with two attached hydrogens (primary N) is 1. The van der Waals surface area contributed by atoms with Gasteiger partial charge in [-0.3, -0.25) is 0 Å². The summed E-state index contributed by atoms with van der Waals surface area (Å²) < 4.78 is 31.9. The van der Waals surface area contributed by atoms with Crippen molar-refractivity contribution in [3.63, 3.8) is 0 Å². The fourth-order valence-electron chi connectivity index (χ4n) is 1.74. The molecule has 0 saturated carbocycles. The van der Waals surface area contributed by atoms with Gasteiger partial charge < -0.3 is 10.5 Å². The Morgan fingerprint density at radius 2 is 2.00 bits per heavy atom. The van der Waals surface area contributed by atoms with Gasteiger partial charge in [0.05, 0.1) is 4.90 Å². The molecule has 0 aromatic heterocycles. The maximum Gasteiger partial charge on any atom is 0.241 e. The first kappa shape index (κ1) is 17.0. The van der Waals surface area contributed by atoms with E-state index in [1.54, 1.807) is 25.3 Å². The number of ether oxygens (including phenoxy) is 1. The highest BCUT2D eigenvalue weighted by atomic mass is 32.2. The first-order valence-electron chi connectivity index (χ1n) is 6.36. The van der Waals surface area contributed by atoms with Crippen LogP contribution in [0.4, 0.5) is 0 Å². The maximum absolute atomic E-state index is 12.2. The molecule has 1 rings (SSSR count). The largest absolute Gasteiger partial charge is 0.389 e. The van der Waals surface area contributed by atoms with E-state index in [4.69, 9.17) is 22.7 Å². The van der Waals surface area contributed by atoms with Crippen LogP contribution in [-0.2, 0) is 14.8 Å². The Morgan fingerprint density at radius 1 is 1.30 bits per heavy atom. The zero-order valence-electron chi connectivity index (χ0n) is 11.5. The number of sulfonamides is 1. The maximum atomic E-state index is 12.2. The third-order valence-electron chi connectivity index (χ3n) is 2.76. The molecule has 7 heteroatoms. The van der Waals surface area contributed by atoms with Crippen molar-refractivity contribution in [2.24, 2.45) is 5.73 Å². The predicted molar refractivity (Wildman–Crippen MR) is 83.2 cm³/mol. The summed E-state index contributed by atoms with van der Waals surface area (Å²) in [4.78, 5) is 0.204. The minimum absolute atomic E-state index is 0.0751. The molecule has 20 heavy (non-hydrogen) atoms. The molecule has 0 aliphatic carbocycles. The molecule has 0 radical (unpaired) electrons. The number of hydrogen-bond donors (Lipinski definition) is 2. The Hall–Kier alpha value is -1.02. The Bertz CT molecular complexity index is 544. The van der Waals surface area contributed by atoms with Crippen LogP contribution in [0.15, 0.2) is 29.2 Å². The van der Waals surface area contributed by atoms with E-state index in [9.17, 15) is 8.42 Å². The smallest absolute Gasteiger partial charge is 0.241 e. The van der Waals surface area contributed by atoms with Crippen molar-refractivity contribution in [3.05, 3.63) is 29.8 Å². The van der Waals surface area contributed by atoms with Crippen LogP contribution in [0, 0.1) is 0 Å². The van der Waals surface area contributed by atoms with Gasteiger partial charge in [-0.1, -0.05) is 30.4 Å². The second-order valence-corrected chi connectivity index (χ2v) is 6.49. The molecule has 0 unspecified atom stereocenters. The lowest BCUT2D eigenvalue weighted by molar-refractivity contribution is 0.192. The monoisotopic (exact) mass is 316 g/mol. The van der Waals surface area contributed by atoms with Gasteiger partial charge in [-0.25, -0.2) is 13.1 Å². The van der Waals surface area contributed by atoms with Crippen LogP contribution in [-0.4, -0.2) is 33.7 Å². The van der Waals surface area contributed by atoms with Crippen molar-refractivity contribution >= 4 is 27.2 Å². The van der Waals surface area contributed by atoms with Gasteiger partial charge in [0.15, 0.2) is 0 Å².